The van der Waals surface area contributed by atoms with Gasteiger partial charge in [-0.2, -0.15) is 0 Å². The van der Waals surface area contributed by atoms with Crippen molar-refractivity contribution >= 4 is 5.91 Å². The number of amides is 1. The maximum atomic E-state index is 11.3. The summed E-state index contributed by atoms with van der Waals surface area (Å²) in [6.45, 7) is 1.79. The highest BCUT2D eigenvalue weighted by molar-refractivity contribution is 5.75. The van der Waals surface area contributed by atoms with E-state index in [1.807, 2.05) is 0 Å². The van der Waals surface area contributed by atoms with Crippen LogP contribution < -0.4 is 10.6 Å². The number of carbonyl (C=O) groups excluding carboxylic acids is 1. The van der Waals surface area contributed by atoms with Crippen LogP contribution in [-0.4, -0.2) is 36.8 Å². The molecule has 0 radical (unpaired) electrons. The monoisotopic (exact) mass is 214 g/mol. The smallest absolute Gasteiger partial charge is 0.221 e. The Morgan fingerprint density at radius 1 is 1.20 bits per heavy atom. The van der Waals surface area contributed by atoms with Gasteiger partial charge in [-0.3, -0.25) is 4.79 Å². The van der Waals surface area contributed by atoms with Gasteiger partial charge in [0.15, 0.2) is 0 Å². The summed E-state index contributed by atoms with van der Waals surface area (Å²) in [7, 11) is 0. The average molecular weight is 214 g/mol. The van der Waals surface area contributed by atoms with Crippen LogP contribution in [0.25, 0.3) is 0 Å². The first kappa shape index (κ1) is 12.5. The number of aliphatic hydroxyl groups excluding tert-OH is 1. The van der Waals surface area contributed by atoms with E-state index in [1.54, 1.807) is 0 Å². The largest absolute Gasteiger partial charge is 0.396 e. The van der Waals surface area contributed by atoms with E-state index in [2.05, 4.69) is 10.6 Å². The van der Waals surface area contributed by atoms with Gasteiger partial charge in [-0.25, -0.2) is 0 Å². The lowest BCUT2D eigenvalue weighted by atomic mass is 10.2. The van der Waals surface area contributed by atoms with E-state index in [0.717, 1.165) is 32.4 Å². The Labute approximate surface area is 91.4 Å². The van der Waals surface area contributed by atoms with Crippen molar-refractivity contribution in [2.45, 2.75) is 44.6 Å². The van der Waals surface area contributed by atoms with E-state index >= 15 is 0 Å². The molecule has 1 rings (SSSR count). The third-order valence-corrected chi connectivity index (χ3v) is 2.52. The topological polar surface area (TPSA) is 61.4 Å². The third kappa shape index (κ3) is 7.33. The molecule has 0 bridgehead atoms. The molecule has 1 amide bonds. The second kappa shape index (κ2) is 7.65. The number of hydrogen-bond acceptors (Lipinski definition) is 3. The Bertz CT molecular complexity index is 181. The summed E-state index contributed by atoms with van der Waals surface area (Å²) in [6.07, 6.45) is 5.89. The third-order valence-electron chi connectivity index (χ3n) is 2.52. The lowest BCUT2D eigenvalue weighted by Gasteiger charge is -2.05. The Hall–Kier alpha value is -0.610. The summed E-state index contributed by atoms with van der Waals surface area (Å²) in [6, 6.07) is 0.683. The fourth-order valence-corrected chi connectivity index (χ4v) is 1.41. The molecule has 0 aromatic heterocycles. The summed E-state index contributed by atoms with van der Waals surface area (Å²) < 4.78 is 0. The number of nitrogens with one attached hydrogen (secondary N) is 2. The van der Waals surface area contributed by atoms with Gasteiger partial charge in [-0.1, -0.05) is 0 Å². The SMILES string of the molecule is O=C(CCNC1CC1)NCCCCCO. The maximum Gasteiger partial charge on any atom is 0.221 e. The van der Waals surface area contributed by atoms with Crippen LogP contribution in [0.2, 0.25) is 0 Å². The van der Waals surface area contributed by atoms with E-state index in [1.165, 1.54) is 12.8 Å². The molecule has 1 fully saturated rings. The molecule has 88 valence electrons. The zero-order valence-electron chi connectivity index (χ0n) is 9.30. The van der Waals surface area contributed by atoms with E-state index < -0.39 is 0 Å². The minimum Gasteiger partial charge on any atom is -0.396 e. The predicted octanol–water partition coefficient (Wildman–Crippen LogP) is 0.407. The molecule has 1 aliphatic carbocycles. The van der Waals surface area contributed by atoms with Gasteiger partial charge in [-0.15, -0.1) is 0 Å². The van der Waals surface area contributed by atoms with Gasteiger partial charge in [0.1, 0.15) is 0 Å². The quantitative estimate of drug-likeness (QED) is 0.487. The molecule has 0 spiro atoms. The maximum absolute atomic E-state index is 11.3. The lowest BCUT2D eigenvalue weighted by molar-refractivity contribution is -0.121. The summed E-state index contributed by atoms with van der Waals surface area (Å²) in [5.74, 6) is 0.132. The molecule has 0 aliphatic heterocycles. The van der Waals surface area contributed by atoms with Crippen molar-refractivity contribution in [2.75, 3.05) is 19.7 Å². The van der Waals surface area contributed by atoms with Crippen molar-refractivity contribution < 1.29 is 9.90 Å². The van der Waals surface area contributed by atoms with Gasteiger partial charge in [0.05, 0.1) is 0 Å². The van der Waals surface area contributed by atoms with Crippen LogP contribution in [0.3, 0.4) is 0 Å². The fourth-order valence-electron chi connectivity index (χ4n) is 1.41. The fraction of sp³-hybridized carbons (Fsp3) is 0.909. The molecule has 0 aromatic rings. The lowest BCUT2D eigenvalue weighted by Crippen LogP contribution is -2.29. The Morgan fingerprint density at radius 2 is 2.00 bits per heavy atom. The zero-order valence-corrected chi connectivity index (χ0v) is 9.30. The Morgan fingerprint density at radius 3 is 2.67 bits per heavy atom. The standard InChI is InChI=1S/C11H22N2O2/c14-9-3-1-2-7-13-11(15)6-8-12-10-4-5-10/h10,12,14H,1-9H2,(H,13,15). The highest BCUT2D eigenvalue weighted by Gasteiger charge is 2.19. The van der Waals surface area contributed by atoms with E-state index in [0.29, 0.717) is 12.5 Å². The van der Waals surface area contributed by atoms with Crippen molar-refractivity contribution in [3.05, 3.63) is 0 Å². The first-order valence-electron chi connectivity index (χ1n) is 5.94. The summed E-state index contributed by atoms with van der Waals surface area (Å²) in [5.41, 5.74) is 0. The normalized spacial score (nSPS) is 15.3. The number of rotatable bonds is 9. The molecule has 0 saturated heterocycles. The predicted molar refractivity (Wildman–Crippen MR) is 59.6 cm³/mol. The number of hydrogen-bond donors (Lipinski definition) is 3. The van der Waals surface area contributed by atoms with E-state index in [4.69, 9.17) is 5.11 Å². The summed E-state index contributed by atoms with van der Waals surface area (Å²) in [4.78, 5) is 11.3. The Kier molecular flexibility index (Phi) is 6.36. The van der Waals surface area contributed by atoms with Crippen LogP contribution >= 0.6 is 0 Å². The molecule has 3 N–H and O–H groups in total. The second-order valence-electron chi connectivity index (χ2n) is 4.11. The molecule has 4 nitrogen and oxygen atoms in total. The molecule has 0 heterocycles. The molecule has 4 heteroatoms. The van der Waals surface area contributed by atoms with Crippen molar-refractivity contribution in [1.29, 1.82) is 0 Å². The van der Waals surface area contributed by atoms with Gasteiger partial charge in [0.2, 0.25) is 5.91 Å². The molecular formula is C11H22N2O2. The van der Waals surface area contributed by atoms with Gasteiger partial charge < -0.3 is 15.7 Å². The van der Waals surface area contributed by atoms with Crippen molar-refractivity contribution in [1.82, 2.24) is 10.6 Å². The minimum absolute atomic E-state index is 0.132. The second-order valence-corrected chi connectivity index (χ2v) is 4.11. The van der Waals surface area contributed by atoms with Crippen LogP contribution in [0.15, 0.2) is 0 Å². The number of aliphatic hydroxyl groups is 1. The van der Waals surface area contributed by atoms with Crippen LogP contribution in [0.1, 0.15) is 38.5 Å². The summed E-state index contributed by atoms with van der Waals surface area (Å²) >= 11 is 0. The first-order chi connectivity index (χ1) is 7.33. The van der Waals surface area contributed by atoms with Crippen LogP contribution in [0.4, 0.5) is 0 Å². The molecule has 1 saturated carbocycles. The molecule has 0 aromatic carbocycles. The molecule has 0 atom stereocenters. The zero-order chi connectivity index (χ0) is 10.9. The van der Waals surface area contributed by atoms with E-state index in [-0.39, 0.29) is 12.5 Å². The van der Waals surface area contributed by atoms with Crippen LogP contribution in [0, 0.1) is 0 Å². The van der Waals surface area contributed by atoms with Crippen LogP contribution in [0.5, 0.6) is 0 Å². The number of unbranched alkanes of at least 4 members (excludes halogenated alkanes) is 2. The van der Waals surface area contributed by atoms with Gasteiger partial charge in [0, 0.05) is 32.2 Å². The highest BCUT2D eigenvalue weighted by Crippen LogP contribution is 2.18. The van der Waals surface area contributed by atoms with Crippen molar-refractivity contribution in [3.63, 3.8) is 0 Å². The molecule has 1 aliphatic rings. The van der Waals surface area contributed by atoms with Gasteiger partial charge in [0.25, 0.3) is 0 Å². The first-order valence-corrected chi connectivity index (χ1v) is 5.94. The highest BCUT2D eigenvalue weighted by atomic mass is 16.2. The molecule has 0 unspecified atom stereocenters. The summed E-state index contributed by atoms with van der Waals surface area (Å²) in [5, 5.41) is 14.7. The van der Waals surface area contributed by atoms with Crippen molar-refractivity contribution in [2.24, 2.45) is 0 Å². The molecular weight excluding hydrogens is 192 g/mol. The average Bonchev–Trinajstić information content (AvgIpc) is 3.01. The molecule has 15 heavy (non-hydrogen) atoms. The van der Waals surface area contributed by atoms with Crippen molar-refractivity contribution in [3.8, 4) is 0 Å². The number of carbonyl (C=O) groups is 1. The van der Waals surface area contributed by atoms with Gasteiger partial charge in [-0.05, 0) is 32.1 Å². The van der Waals surface area contributed by atoms with Crippen LogP contribution in [-0.2, 0) is 4.79 Å². The minimum atomic E-state index is 0.132. The Balaban J connectivity index is 1.80. The van der Waals surface area contributed by atoms with Gasteiger partial charge >= 0.3 is 0 Å². The van der Waals surface area contributed by atoms with E-state index in [9.17, 15) is 4.79 Å².